The molecule has 4 nitrogen and oxygen atoms in total. The summed E-state index contributed by atoms with van der Waals surface area (Å²) in [7, 11) is 0. The molecule has 1 aliphatic carbocycles. The third kappa shape index (κ3) is 4.18. The second kappa shape index (κ2) is 6.80. The number of amides is 1. The molecule has 0 bridgehead atoms. The van der Waals surface area contributed by atoms with Crippen LogP contribution < -0.4 is 11.1 Å². The van der Waals surface area contributed by atoms with Crippen molar-refractivity contribution in [2.45, 2.75) is 38.6 Å². The minimum absolute atomic E-state index is 0.0119. The van der Waals surface area contributed by atoms with Crippen LogP contribution in [0.2, 0.25) is 0 Å². The van der Waals surface area contributed by atoms with Crippen molar-refractivity contribution in [3.63, 3.8) is 0 Å². The lowest BCUT2D eigenvalue weighted by atomic mass is 9.84. The zero-order valence-electron chi connectivity index (χ0n) is 9.50. The summed E-state index contributed by atoms with van der Waals surface area (Å²) in [4.78, 5) is 11.5. The first kappa shape index (κ1) is 12.5. The van der Waals surface area contributed by atoms with Crippen LogP contribution in [0.4, 0.5) is 0 Å². The predicted molar refractivity (Wildman–Crippen MR) is 59.4 cm³/mol. The molecule has 0 saturated heterocycles. The number of nitrogens with two attached hydrogens (primary N) is 1. The van der Waals surface area contributed by atoms with Gasteiger partial charge in [0.15, 0.2) is 0 Å². The number of carbonyl (C=O) groups excluding carboxylic acids is 1. The minimum Gasteiger partial charge on any atom is -0.372 e. The van der Waals surface area contributed by atoms with Crippen LogP contribution in [-0.4, -0.2) is 31.7 Å². The van der Waals surface area contributed by atoms with Gasteiger partial charge in [0.1, 0.15) is 6.61 Å². The number of rotatable bonds is 5. The first-order valence-corrected chi connectivity index (χ1v) is 5.85. The standard InChI is InChI=1S/C11H22N2O2/c1-2-15-8-11(14)13-10-6-4-3-5-9(10)7-12/h9-10H,2-8,12H2,1H3,(H,13,14). The van der Waals surface area contributed by atoms with Gasteiger partial charge in [-0.2, -0.15) is 0 Å². The summed E-state index contributed by atoms with van der Waals surface area (Å²) in [6, 6.07) is 0.261. The fourth-order valence-electron chi connectivity index (χ4n) is 2.12. The lowest BCUT2D eigenvalue weighted by Crippen LogP contribution is -2.45. The van der Waals surface area contributed by atoms with Crippen molar-refractivity contribution < 1.29 is 9.53 Å². The van der Waals surface area contributed by atoms with Crippen LogP contribution in [0.25, 0.3) is 0 Å². The van der Waals surface area contributed by atoms with E-state index in [0.29, 0.717) is 19.1 Å². The van der Waals surface area contributed by atoms with Crippen molar-refractivity contribution in [3.05, 3.63) is 0 Å². The Morgan fingerprint density at radius 1 is 1.47 bits per heavy atom. The maximum absolute atomic E-state index is 11.5. The third-order valence-electron chi connectivity index (χ3n) is 3.00. The lowest BCUT2D eigenvalue weighted by Gasteiger charge is -2.31. The van der Waals surface area contributed by atoms with Gasteiger partial charge < -0.3 is 15.8 Å². The van der Waals surface area contributed by atoms with Gasteiger partial charge in [-0.1, -0.05) is 12.8 Å². The first-order chi connectivity index (χ1) is 7.27. The molecule has 2 atom stereocenters. The molecule has 88 valence electrons. The Hall–Kier alpha value is -0.610. The smallest absolute Gasteiger partial charge is 0.246 e. The molecule has 2 unspecified atom stereocenters. The van der Waals surface area contributed by atoms with E-state index in [1.807, 2.05) is 6.92 Å². The van der Waals surface area contributed by atoms with Gasteiger partial charge in [0.2, 0.25) is 5.91 Å². The van der Waals surface area contributed by atoms with Gasteiger partial charge in [0, 0.05) is 12.6 Å². The third-order valence-corrected chi connectivity index (χ3v) is 3.00. The highest BCUT2D eigenvalue weighted by Gasteiger charge is 2.24. The summed E-state index contributed by atoms with van der Waals surface area (Å²) < 4.78 is 5.06. The average Bonchev–Trinajstić information content (AvgIpc) is 2.27. The highest BCUT2D eigenvalue weighted by atomic mass is 16.5. The Morgan fingerprint density at radius 3 is 2.87 bits per heavy atom. The number of ether oxygens (including phenoxy) is 1. The number of hydrogen-bond donors (Lipinski definition) is 2. The molecule has 0 aliphatic heterocycles. The van der Waals surface area contributed by atoms with Crippen LogP contribution in [0, 0.1) is 5.92 Å². The molecule has 0 radical (unpaired) electrons. The first-order valence-electron chi connectivity index (χ1n) is 5.85. The molecule has 1 aliphatic rings. The maximum atomic E-state index is 11.5. The lowest BCUT2D eigenvalue weighted by molar-refractivity contribution is -0.126. The van der Waals surface area contributed by atoms with Gasteiger partial charge in [-0.25, -0.2) is 0 Å². The van der Waals surface area contributed by atoms with E-state index in [1.165, 1.54) is 12.8 Å². The molecular weight excluding hydrogens is 192 g/mol. The zero-order valence-corrected chi connectivity index (χ0v) is 9.50. The van der Waals surface area contributed by atoms with Gasteiger partial charge in [-0.3, -0.25) is 4.79 Å². The summed E-state index contributed by atoms with van der Waals surface area (Å²) >= 11 is 0. The highest BCUT2D eigenvalue weighted by molar-refractivity contribution is 5.77. The fourth-order valence-corrected chi connectivity index (χ4v) is 2.12. The van der Waals surface area contributed by atoms with Crippen LogP contribution in [0.5, 0.6) is 0 Å². The SMILES string of the molecule is CCOCC(=O)NC1CCCCC1CN. The molecule has 0 heterocycles. The second-order valence-electron chi connectivity index (χ2n) is 4.09. The van der Waals surface area contributed by atoms with Crippen LogP contribution >= 0.6 is 0 Å². The summed E-state index contributed by atoms with van der Waals surface area (Å²) in [6.45, 7) is 3.30. The van der Waals surface area contributed by atoms with Crippen molar-refractivity contribution in [1.29, 1.82) is 0 Å². The van der Waals surface area contributed by atoms with Gasteiger partial charge in [-0.15, -0.1) is 0 Å². The van der Waals surface area contributed by atoms with Crippen molar-refractivity contribution >= 4 is 5.91 Å². The van der Waals surface area contributed by atoms with Crippen LogP contribution in [0.15, 0.2) is 0 Å². The molecule has 1 amide bonds. The Kier molecular flexibility index (Phi) is 5.65. The largest absolute Gasteiger partial charge is 0.372 e. The van der Waals surface area contributed by atoms with E-state index in [1.54, 1.807) is 0 Å². The van der Waals surface area contributed by atoms with E-state index in [-0.39, 0.29) is 18.6 Å². The number of nitrogens with one attached hydrogen (secondary N) is 1. The van der Waals surface area contributed by atoms with E-state index in [2.05, 4.69) is 5.32 Å². The number of hydrogen-bond acceptors (Lipinski definition) is 3. The molecule has 0 aromatic carbocycles. The van der Waals surface area contributed by atoms with Crippen molar-refractivity contribution in [2.75, 3.05) is 19.8 Å². The van der Waals surface area contributed by atoms with Gasteiger partial charge in [0.25, 0.3) is 0 Å². The summed E-state index contributed by atoms with van der Waals surface area (Å²) in [5.74, 6) is 0.437. The normalized spacial score (nSPS) is 26.3. The molecular formula is C11H22N2O2. The monoisotopic (exact) mass is 214 g/mol. The Bertz CT molecular complexity index is 197. The van der Waals surface area contributed by atoms with E-state index in [9.17, 15) is 4.79 Å². The summed E-state index contributed by atoms with van der Waals surface area (Å²) in [5, 5.41) is 3.01. The van der Waals surface area contributed by atoms with E-state index in [4.69, 9.17) is 10.5 Å². The molecule has 0 spiro atoms. The molecule has 0 aromatic rings. The quantitative estimate of drug-likeness (QED) is 0.706. The number of carbonyl (C=O) groups is 1. The van der Waals surface area contributed by atoms with Gasteiger partial charge >= 0.3 is 0 Å². The molecule has 3 N–H and O–H groups in total. The summed E-state index contributed by atoms with van der Waals surface area (Å²) in [6.07, 6.45) is 4.62. The second-order valence-corrected chi connectivity index (χ2v) is 4.09. The maximum Gasteiger partial charge on any atom is 0.246 e. The van der Waals surface area contributed by atoms with Crippen molar-refractivity contribution in [2.24, 2.45) is 11.7 Å². The van der Waals surface area contributed by atoms with Crippen LogP contribution in [0.3, 0.4) is 0 Å². The fraction of sp³-hybridized carbons (Fsp3) is 0.909. The minimum atomic E-state index is -0.0119. The van der Waals surface area contributed by atoms with E-state index >= 15 is 0 Å². The average molecular weight is 214 g/mol. The molecule has 1 rings (SSSR count). The van der Waals surface area contributed by atoms with Crippen molar-refractivity contribution in [1.82, 2.24) is 5.32 Å². The van der Waals surface area contributed by atoms with Crippen molar-refractivity contribution in [3.8, 4) is 0 Å². The Morgan fingerprint density at radius 2 is 2.20 bits per heavy atom. The molecule has 1 saturated carbocycles. The predicted octanol–water partition coefficient (Wildman–Crippen LogP) is 0.657. The zero-order chi connectivity index (χ0) is 11.1. The van der Waals surface area contributed by atoms with Gasteiger partial charge in [-0.05, 0) is 32.2 Å². The molecule has 1 fully saturated rings. The van der Waals surface area contributed by atoms with E-state index in [0.717, 1.165) is 12.8 Å². The van der Waals surface area contributed by atoms with Gasteiger partial charge in [0.05, 0.1) is 0 Å². The topological polar surface area (TPSA) is 64.3 Å². The highest BCUT2D eigenvalue weighted by Crippen LogP contribution is 2.23. The molecule has 15 heavy (non-hydrogen) atoms. The van der Waals surface area contributed by atoms with Crippen LogP contribution in [-0.2, 0) is 9.53 Å². The van der Waals surface area contributed by atoms with Crippen LogP contribution in [0.1, 0.15) is 32.6 Å². The Labute approximate surface area is 91.5 Å². The molecule has 4 heteroatoms. The van der Waals surface area contributed by atoms with E-state index < -0.39 is 0 Å². The Balaban J connectivity index is 2.30. The molecule has 0 aromatic heterocycles. The summed E-state index contributed by atoms with van der Waals surface area (Å²) in [5.41, 5.74) is 5.69.